The number of carbonyl (C=O) groups excluding carboxylic acids is 1. The molecule has 1 rings (SSSR count). The van der Waals surface area contributed by atoms with Crippen LogP contribution in [0.15, 0.2) is 0 Å². The minimum atomic E-state index is -0.769. The molecule has 0 saturated carbocycles. The number of amides is 2. The standard InChI is InChI=1S/C13H24N2O4/c1-10(4-5-12(16)17)6-7-14-13(18)15-11-3-2-8-19-9-11/h10-11H,2-9H2,1H3,(H,16,17)(H2,14,15,18). The van der Waals surface area contributed by atoms with Crippen molar-refractivity contribution in [3.63, 3.8) is 0 Å². The Balaban J connectivity index is 2.04. The maximum absolute atomic E-state index is 11.6. The summed E-state index contributed by atoms with van der Waals surface area (Å²) < 4.78 is 5.28. The van der Waals surface area contributed by atoms with Crippen molar-refractivity contribution in [1.29, 1.82) is 0 Å². The van der Waals surface area contributed by atoms with Gasteiger partial charge < -0.3 is 20.5 Å². The number of rotatable bonds is 7. The highest BCUT2D eigenvalue weighted by Gasteiger charge is 2.15. The van der Waals surface area contributed by atoms with Gasteiger partial charge in [0.25, 0.3) is 0 Å². The van der Waals surface area contributed by atoms with Gasteiger partial charge in [-0.2, -0.15) is 0 Å². The Labute approximate surface area is 113 Å². The lowest BCUT2D eigenvalue weighted by Crippen LogP contribution is -2.46. The summed E-state index contributed by atoms with van der Waals surface area (Å²) >= 11 is 0. The van der Waals surface area contributed by atoms with Crippen molar-refractivity contribution in [1.82, 2.24) is 10.6 Å². The molecule has 19 heavy (non-hydrogen) atoms. The first-order valence-corrected chi connectivity index (χ1v) is 6.92. The number of aliphatic carboxylic acids is 1. The Kier molecular flexibility index (Phi) is 7.25. The van der Waals surface area contributed by atoms with Gasteiger partial charge in [-0.05, 0) is 31.6 Å². The van der Waals surface area contributed by atoms with Crippen molar-refractivity contribution in [3.05, 3.63) is 0 Å². The van der Waals surface area contributed by atoms with Crippen molar-refractivity contribution in [2.45, 2.75) is 45.1 Å². The summed E-state index contributed by atoms with van der Waals surface area (Å²) in [5, 5.41) is 14.2. The van der Waals surface area contributed by atoms with Crippen LogP contribution in [0.3, 0.4) is 0 Å². The largest absolute Gasteiger partial charge is 0.481 e. The molecule has 0 radical (unpaired) electrons. The maximum Gasteiger partial charge on any atom is 0.315 e. The predicted octanol–water partition coefficient (Wildman–Crippen LogP) is 1.36. The van der Waals surface area contributed by atoms with Gasteiger partial charge in [-0.1, -0.05) is 6.92 Å². The number of carbonyl (C=O) groups is 2. The Morgan fingerprint density at radius 1 is 1.42 bits per heavy atom. The lowest BCUT2D eigenvalue weighted by atomic mass is 10.0. The van der Waals surface area contributed by atoms with Crippen molar-refractivity contribution < 1.29 is 19.4 Å². The van der Waals surface area contributed by atoms with E-state index in [9.17, 15) is 9.59 Å². The van der Waals surface area contributed by atoms with Gasteiger partial charge in [-0.25, -0.2) is 4.79 Å². The van der Waals surface area contributed by atoms with Crippen LogP contribution < -0.4 is 10.6 Å². The molecule has 110 valence electrons. The van der Waals surface area contributed by atoms with Crippen LogP contribution in [0.1, 0.15) is 39.0 Å². The van der Waals surface area contributed by atoms with Gasteiger partial charge in [0.15, 0.2) is 0 Å². The van der Waals surface area contributed by atoms with Crippen LogP contribution in [-0.2, 0) is 9.53 Å². The van der Waals surface area contributed by atoms with Gasteiger partial charge in [0.1, 0.15) is 0 Å². The summed E-state index contributed by atoms with van der Waals surface area (Å²) in [6.07, 6.45) is 3.57. The van der Waals surface area contributed by atoms with E-state index >= 15 is 0 Å². The lowest BCUT2D eigenvalue weighted by molar-refractivity contribution is -0.137. The van der Waals surface area contributed by atoms with Crippen LogP contribution in [0.5, 0.6) is 0 Å². The van der Waals surface area contributed by atoms with Crippen molar-refractivity contribution in [2.24, 2.45) is 5.92 Å². The number of nitrogens with one attached hydrogen (secondary N) is 2. The quantitative estimate of drug-likeness (QED) is 0.653. The van der Waals surface area contributed by atoms with E-state index in [2.05, 4.69) is 10.6 Å². The highest BCUT2D eigenvalue weighted by atomic mass is 16.5. The fourth-order valence-corrected chi connectivity index (χ4v) is 2.04. The zero-order valence-corrected chi connectivity index (χ0v) is 11.5. The van der Waals surface area contributed by atoms with Crippen LogP contribution in [0.2, 0.25) is 0 Å². The summed E-state index contributed by atoms with van der Waals surface area (Å²) in [6, 6.07) is -0.0564. The molecule has 0 aromatic heterocycles. The molecular formula is C13H24N2O4. The second-order valence-electron chi connectivity index (χ2n) is 5.14. The molecular weight excluding hydrogens is 248 g/mol. The van der Waals surface area contributed by atoms with E-state index in [-0.39, 0.29) is 18.5 Å². The van der Waals surface area contributed by atoms with E-state index in [1.165, 1.54) is 0 Å². The molecule has 0 spiro atoms. The Hall–Kier alpha value is -1.30. The average Bonchev–Trinajstić information content (AvgIpc) is 2.37. The van der Waals surface area contributed by atoms with Crippen LogP contribution >= 0.6 is 0 Å². The van der Waals surface area contributed by atoms with Crippen molar-refractivity contribution >= 4 is 12.0 Å². The van der Waals surface area contributed by atoms with Crippen LogP contribution in [0.4, 0.5) is 4.79 Å². The molecule has 1 heterocycles. The minimum absolute atomic E-state index is 0.109. The van der Waals surface area contributed by atoms with Gasteiger partial charge >= 0.3 is 12.0 Å². The first kappa shape index (κ1) is 15.8. The highest BCUT2D eigenvalue weighted by Crippen LogP contribution is 2.09. The Morgan fingerprint density at radius 3 is 2.84 bits per heavy atom. The second-order valence-corrected chi connectivity index (χ2v) is 5.14. The first-order valence-electron chi connectivity index (χ1n) is 6.92. The zero-order valence-electron chi connectivity index (χ0n) is 11.5. The van der Waals surface area contributed by atoms with Gasteiger partial charge in [0.05, 0.1) is 12.6 Å². The third kappa shape index (κ3) is 7.66. The van der Waals surface area contributed by atoms with E-state index in [1.807, 2.05) is 6.92 Å². The molecule has 1 aliphatic rings. The third-order valence-electron chi connectivity index (χ3n) is 3.27. The Morgan fingerprint density at radius 2 is 2.21 bits per heavy atom. The van der Waals surface area contributed by atoms with Crippen LogP contribution in [0.25, 0.3) is 0 Å². The number of carboxylic acid groups (broad SMARTS) is 1. The van der Waals surface area contributed by atoms with Crippen molar-refractivity contribution in [3.8, 4) is 0 Å². The van der Waals surface area contributed by atoms with Gasteiger partial charge in [0.2, 0.25) is 0 Å². The van der Waals surface area contributed by atoms with E-state index in [4.69, 9.17) is 9.84 Å². The molecule has 3 N–H and O–H groups in total. The summed E-state index contributed by atoms with van der Waals surface area (Å²) in [4.78, 5) is 22.0. The zero-order chi connectivity index (χ0) is 14.1. The van der Waals surface area contributed by atoms with Crippen LogP contribution in [-0.4, -0.2) is 42.9 Å². The summed E-state index contributed by atoms with van der Waals surface area (Å²) in [6.45, 7) is 3.93. The molecule has 1 fully saturated rings. The molecule has 1 aliphatic heterocycles. The molecule has 0 aromatic carbocycles. The normalized spacial score (nSPS) is 20.6. The fourth-order valence-electron chi connectivity index (χ4n) is 2.04. The molecule has 2 amide bonds. The molecule has 6 heteroatoms. The summed E-state index contributed by atoms with van der Waals surface area (Å²) in [7, 11) is 0. The summed E-state index contributed by atoms with van der Waals surface area (Å²) in [5.74, 6) is -0.468. The Bertz CT molecular complexity index is 290. The molecule has 6 nitrogen and oxygen atoms in total. The third-order valence-corrected chi connectivity index (χ3v) is 3.27. The van der Waals surface area contributed by atoms with E-state index in [0.29, 0.717) is 25.5 Å². The molecule has 0 bridgehead atoms. The summed E-state index contributed by atoms with van der Waals surface area (Å²) in [5.41, 5.74) is 0. The van der Waals surface area contributed by atoms with E-state index < -0.39 is 5.97 Å². The molecule has 2 unspecified atom stereocenters. The number of ether oxygens (including phenoxy) is 1. The molecule has 1 saturated heterocycles. The highest BCUT2D eigenvalue weighted by molar-refractivity contribution is 5.74. The SMILES string of the molecule is CC(CCNC(=O)NC1CCCOC1)CCC(=O)O. The van der Waals surface area contributed by atoms with E-state index in [0.717, 1.165) is 25.9 Å². The molecule has 2 atom stereocenters. The van der Waals surface area contributed by atoms with E-state index in [1.54, 1.807) is 0 Å². The monoisotopic (exact) mass is 272 g/mol. The number of hydrogen-bond donors (Lipinski definition) is 3. The number of hydrogen-bond acceptors (Lipinski definition) is 3. The second kappa shape index (κ2) is 8.74. The number of carboxylic acids is 1. The topological polar surface area (TPSA) is 87.7 Å². The predicted molar refractivity (Wildman–Crippen MR) is 71.0 cm³/mol. The minimum Gasteiger partial charge on any atom is -0.481 e. The van der Waals surface area contributed by atoms with Crippen molar-refractivity contribution in [2.75, 3.05) is 19.8 Å². The average molecular weight is 272 g/mol. The fraction of sp³-hybridized carbons (Fsp3) is 0.846. The van der Waals surface area contributed by atoms with Gasteiger partial charge in [0, 0.05) is 19.6 Å². The number of urea groups is 1. The smallest absolute Gasteiger partial charge is 0.315 e. The van der Waals surface area contributed by atoms with Gasteiger partial charge in [-0.15, -0.1) is 0 Å². The first-order chi connectivity index (χ1) is 9.08. The molecule has 0 aromatic rings. The van der Waals surface area contributed by atoms with Gasteiger partial charge in [-0.3, -0.25) is 4.79 Å². The molecule has 0 aliphatic carbocycles. The lowest BCUT2D eigenvalue weighted by Gasteiger charge is -2.23. The van der Waals surface area contributed by atoms with Crippen LogP contribution in [0, 0.1) is 5.92 Å². The maximum atomic E-state index is 11.6.